The maximum absolute atomic E-state index is 13.6. The van der Waals surface area contributed by atoms with Gasteiger partial charge < -0.3 is 5.32 Å². The van der Waals surface area contributed by atoms with Crippen molar-refractivity contribution in [2.45, 2.75) is 33.2 Å². The Hall–Kier alpha value is -1.68. The Bertz CT molecular complexity index is 651. The molecule has 0 saturated heterocycles. The van der Waals surface area contributed by atoms with E-state index < -0.39 is 5.92 Å². The van der Waals surface area contributed by atoms with Crippen LogP contribution in [0.1, 0.15) is 29.2 Å². The third-order valence-corrected chi connectivity index (χ3v) is 3.60. The first kappa shape index (κ1) is 15.7. The van der Waals surface area contributed by atoms with Gasteiger partial charge in [0.15, 0.2) is 0 Å². The number of halogens is 3. The minimum Gasteiger partial charge on any atom is -0.380 e. The second-order valence-electron chi connectivity index (χ2n) is 5.21. The molecule has 21 heavy (non-hydrogen) atoms. The van der Waals surface area contributed by atoms with Crippen molar-refractivity contribution in [2.75, 3.05) is 5.32 Å². The van der Waals surface area contributed by atoms with Crippen molar-refractivity contribution in [1.82, 2.24) is 4.98 Å². The van der Waals surface area contributed by atoms with E-state index in [-0.39, 0.29) is 10.7 Å². The lowest BCUT2D eigenvalue weighted by molar-refractivity contribution is 0.0179. The Morgan fingerprint density at radius 3 is 2.52 bits per heavy atom. The molecule has 0 aliphatic heterocycles. The van der Waals surface area contributed by atoms with E-state index in [1.807, 2.05) is 32.0 Å². The maximum Gasteiger partial charge on any atom is 0.273 e. The normalized spacial score (nSPS) is 11.5. The number of aromatic nitrogens is 1. The molecule has 0 radical (unpaired) electrons. The standard InChI is InChI=1S/C16H17ClF2N2/c1-10-4-5-12(6-11(10)2)8-20-14-7-15(17)21-9-13(14)16(3,18)19/h4-7,9H,8H2,1-3H3,(H,20,21). The first-order valence-corrected chi connectivity index (χ1v) is 6.99. The molecule has 1 N–H and O–H groups in total. The van der Waals surface area contributed by atoms with Crippen molar-refractivity contribution in [3.8, 4) is 0 Å². The van der Waals surface area contributed by atoms with Crippen LogP contribution in [-0.2, 0) is 12.5 Å². The lowest BCUT2D eigenvalue weighted by Gasteiger charge is -2.17. The first-order chi connectivity index (χ1) is 9.77. The van der Waals surface area contributed by atoms with Crippen LogP contribution in [0.2, 0.25) is 5.15 Å². The monoisotopic (exact) mass is 310 g/mol. The molecule has 1 aromatic heterocycles. The number of hydrogen-bond donors (Lipinski definition) is 1. The van der Waals surface area contributed by atoms with Gasteiger partial charge in [0.1, 0.15) is 5.15 Å². The molecule has 1 heterocycles. The van der Waals surface area contributed by atoms with Gasteiger partial charge in [0.25, 0.3) is 5.92 Å². The van der Waals surface area contributed by atoms with Gasteiger partial charge in [0, 0.05) is 25.4 Å². The number of pyridine rings is 1. The van der Waals surface area contributed by atoms with Gasteiger partial charge in [-0.2, -0.15) is 0 Å². The van der Waals surface area contributed by atoms with E-state index in [4.69, 9.17) is 11.6 Å². The number of nitrogens with one attached hydrogen (secondary N) is 1. The number of aryl methyl sites for hydroxylation is 2. The van der Waals surface area contributed by atoms with Gasteiger partial charge in [-0.05, 0) is 36.6 Å². The summed E-state index contributed by atoms with van der Waals surface area (Å²) in [4.78, 5) is 3.73. The van der Waals surface area contributed by atoms with Crippen molar-refractivity contribution >= 4 is 17.3 Å². The van der Waals surface area contributed by atoms with Crippen molar-refractivity contribution in [3.05, 3.63) is 57.9 Å². The third-order valence-electron chi connectivity index (χ3n) is 3.40. The molecular weight excluding hydrogens is 294 g/mol. The number of anilines is 1. The third kappa shape index (κ3) is 3.91. The maximum atomic E-state index is 13.6. The second kappa shape index (κ2) is 5.98. The smallest absolute Gasteiger partial charge is 0.273 e. The summed E-state index contributed by atoms with van der Waals surface area (Å²) in [6, 6.07) is 7.45. The highest BCUT2D eigenvalue weighted by Gasteiger charge is 2.28. The minimum absolute atomic E-state index is 0.157. The SMILES string of the molecule is Cc1ccc(CNc2cc(Cl)ncc2C(C)(F)F)cc1C. The molecule has 112 valence electrons. The highest BCUT2D eigenvalue weighted by molar-refractivity contribution is 6.29. The number of hydrogen-bond acceptors (Lipinski definition) is 2. The predicted octanol–water partition coefficient (Wildman–Crippen LogP) is 5.08. The summed E-state index contributed by atoms with van der Waals surface area (Å²) in [6.45, 7) is 5.35. The van der Waals surface area contributed by atoms with Crippen molar-refractivity contribution in [3.63, 3.8) is 0 Å². The van der Waals surface area contributed by atoms with Crippen molar-refractivity contribution in [2.24, 2.45) is 0 Å². The van der Waals surface area contributed by atoms with E-state index in [1.165, 1.54) is 17.2 Å². The van der Waals surface area contributed by atoms with E-state index in [0.717, 1.165) is 18.7 Å². The Balaban J connectivity index is 2.23. The van der Waals surface area contributed by atoms with Crippen LogP contribution >= 0.6 is 11.6 Å². The molecule has 0 bridgehead atoms. The molecule has 0 spiro atoms. The molecule has 0 fully saturated rings. The molecule has 0 aliphatic carbocycles. The molecule has 2 nitrogen and oxygen atoms in total. The van der Waals surface area contributed by atoms with Crippen LogP contribution in [0, 0.1) is 13.8 Å². The van der Waals surface area contributed by atoms with Gasteiger partial charge in [-0.15, -0.1) is 0 Å². The van der Waals surface area contributed by atoms with E-state index in [2.05, 4.69) is 10.3 Å². The van der Waals surface area contributed by atoms with Crippen LogP contribution in [0.15, 0.2) is 30.5 Å². The first-order valence-electron chi connectivity index (χ1n) is 6.61. The van der Waals surface area contributed by atoms with Gasteiger partial charge in [0.05, 0.1) is 5.56 Å². The van der Waals surface area contributed by atoms with E-state index in [0.29, 0.717) is 12.2 Å². The van der Waals surface area contributed by atoms with Gasteiger partial charge >= 0.3 is 0 Å². The number of rotatable bonds is 4. The number of benzene rings is 1. The topological polar surface area (TPSA) is 24.9 Å². The summed E-state index contributed by atoms with van der Waals surface area (Å²) in [6.07, 6.45) is 1.12. The minimum atomic E-state index is -2.97. The molecular formula is C16H17ClF2N2. The molecule has 2 rings (SSSR count). The zero-order chi connectivity index (χ0) is 15.6. The molecule has 2 aromatic rings. The second-order valence-corrected chi connectivity index (χ2v) is 5.60. The Kier molecular flexibility index (Phi) is 4.47. The van der Waals surface area contributed by atoms with Gasteiger partial charge in [-0.3, -0.25) is 0 Å². The summed E-state index contributed by atoms with van der Waals surface area (Å²) in [5, 5.41) is 3.20. The fraction of sp³-hybridized carbons (Fsp3) is 0.312. The number of alkyl halides is 2. The molecule has 1 aromatic carbocycles. The van der Waals surface area contributed by atoms with Crippen LogP contribution in [0.4, 0.5) is 14.5 Å². The lowest BCUT2D eigenvalue weighted by atomic mass is 10.1. The molecule has 0 atom stereocenters. The molecule has 5 heteroatoms. The van der Waals surface area contributed by atoms with Crippen molar-refractivity contribution in [1.29, 1.82) is 0 Å². The highest BCUT2D eigenvalue weighted by Crippen LogP contribution is 2.33. The summed E-state index contributed by atoms with van der Waals surface area (Å²) in [7, 11) is 0. The summed E-state index contributed by atoms with van der Waals surface area (Å²) < 4.78 is 27.1. The number of nitrogens with zero attached hydrogens (tertiary/aromatic N) is 1. The lowest BCUT2D eigenvalue weighted by Crippen LogP contribution is -2.12. The van der Waals surface area contributed by atoms with Crippen LogP contribution < -0.4 is 5.32 Å². The average molecular weight is 311 g/mol. The Morgan fingerprint density at radius 1 is 1.19 bits per heavy atom. The van der Waals surface area contributed by atoms with Gasteiger partial charge in [0.2, 0.25) is 0 Å². The zero-order valence-electron chi connectivity index (χ0n) is 12.2. The summed E-state index contributed by atoms with van der Waals surface area (Å²) in [5.74, 6) is -2.97. The summed E-state index contributed by atoms with van der Waals surface area (Å²) >= 11 is 5.80. The van der Waals surface area contributed by atoms with Crippen LogP contribution in [0.5, 0.6) is 0 Å². The largest absolute Gasteiger partial charge is 0.380 e. The zero-order valence-corrected chi connectivity index (χ0v) is 12.9. The van der Waals surface area contributed by atoms with E-state index >= 15 is 0 Å². The van der Waals surface area contributed by atoms with E-state index in [1.54, 1.807) is 0 Å². The fourth-order valence-electron chi connectivity index (χ4n) is 2.04. The average Bonchev–Trinajstić information content (AvgIpc) is 2.39. The van der Waals surface area contributed by atoms with E-state index in [9.17, 15) is 8.78 Å². The quantitative estimate of drug-likeness (QED) is 0.797. The molecule has 0 amide bonds. The Morgan fingerprint density at radius 2 is 1.90 bits per heavy atom. The van der Waals surface area contributed by atoms with Crippen LogP contribution in [0.3, 0.4) is 0 Å². The summed E-state index contributed by atoms with van der Waals surface area (Å²) in [5.41, 5.74) is 3.54. The van der Waals surface area contributed by atoms with Gasteiger partial charge in [-0.1, -0.05) is 29.8 Å². The highest BCUT2D eigenvalue weighted by atomic mass is 35.5. The predicted molar refractivity (Wildman–Crippen MR) is 82.1 cm³/mol. The van der Waals surface area contributed by atoms with Crippen LogP contribution in [0.25, 0.3) is 0 Å². The molecule has 0 aliphatic rings. The van der Waals surface area contributed by atoms with Gasteiger partial charge in [-0.25, -0.2) is 13.8 Å². The Labute approximate surface area is 128 Å². The fourth-order valence-corrected chi connectivity index (χ4v) is 2.19. The molecule has 0 unspecified atom stereocenters. The van der Waals surface area contributed by atoms with Crippen molar-refractivity contribution < 1.29 is 8.78 Å². The van der Waals surface area contributed by atoms with Crippen LogP contribution in [-0.4, -0.2) is 4.98 Å². The molecule has 0 saturated carbocycles.